The highest BCUT2D eigenvalue weighted by atomic mass is 35.5. The molecular weight excluding hydrogens is 312 g/mol. The maximum Gasteiger partial charge on any atom is 0.241 e. The average molecular weight is 335 g/mol. The van der Waals surface area contributed by atoms with E-state index in [0.717, 1.165) is 5.56 Å². The van der Waals surface area contributed by atoms with E-state index < -0.39 is 15.6 Å². The van der Waals surface area contributed by atoms with Crippen LogP contribution in [0.2, 0.25) is 5.02 Å². The molecule has 1 aromatic rings. The predicted octanol–water partition coefficient (Wildman–Crippen LogP) is 2.07. The zero-order valence-corrected chi connectivity index (χ0v) is 14.7. The summed E-state index contributed by atoms with van der Waals surface area (Å²) in [4.78, 5) is 0.199. The maximum absolute atomic E-state index is 12.6. The third-order valence-corrected chi connectivity index (χ3v) is 5.05. The quantitative estimate of drug-likeness (QED) is 0.801. The SMILES string of the molecule is CNCc1cc(Cl)cc(S(=O)(=O)NC(C)(C)COC)c1C. The van der Waals surface area contributed by atoms with Gasteiger partial charge in [-0.1, -0.05) is 11.6 Å². The number of methoxy groups -OCH3 is 1. The van der Waals surface area contributed by atoms with E-state index >= 15 is 0 Å². The lowest BCUT2D eigenvalue weighted by Gasteiger charge is -2.25. The van der Waals surface area contributed by atoms with Gasteiger partial charge < -0.3 is 10.1 Å². The monoisotopic (exact) mass is 334 g/mol. The van der Waals surface area contributed by atoms with Gasteiger partial charge in [0.2, 0.25) is 10.0 Å². The van der Waals surface area contributed by atoms with Crippen molar-refractivity contribution in [1.29, 1.82) is 0 Å². The molecule has 5 nitrogen and oxygen atoms in total. The predicted molar refractivity (Wildman–Crippen MR) is 85.2 cm³/mol. The summed E-state index contributed by atoms with van der Waals surface area (Å²) in [5.41, 5.74) is 0.843. The van der Waals surface area contributed by atoms with Gasteiger partial charge in [-0.3, -0.25) is 0 Å². The highest BCUT2D eigenvalue weighted by molar-refractivity contribution is 7.89. The van der Waals surface area contributed by atoms with E-state index in [1.807, 2.05) is 0 Å². The minimum atomic E-state index is -3.68. The number of hydrogen-bond donors (Lipinski definition) is 2. The van der Waals surface area contributed by atoms with Crippen LogP contribution in [0.25, 0.3) is 0 Å². The Morgan fingerprint density at radius 1 is 1.33 bits per heavy atom. The molecule has 0 unspecified atom stereocenters. The fraction of sp³-hybridized carbons (Fsp3) is 0.571. The molecule has 0 aliphatic heterocycles. The fourth-order valence-corrected chi connectivity index (χ4v) is 4.19. The summed E-state index contributed by atoms with van der Waals surface area (Å²) in [5, 5.41) is 3.40. The van der Waals surface area contributed by atoms with E-state index in [-0.39, 0.29) is 11.5 Å². The van der Waals surface area contributed by atoms with Crippen molar-refractivity contribution in [1.82, 2.24) is 10.0 Å². The van der Waals surface area contributed by atoms with Gasteiger partial charge in [0.05, 0.1) is 17.0 Å². The molecule has 0 aliphatic carbocycles. The van der Waals surface area contributed by atoms with Crippen LogP contribution >= 0.6 is 11.6 Å². The van der Waals surface area contributed by atoms with Crippen molar-refractivity contribution in [3.8, 4) is 0 Å². The Hall–Kier alpha value is -0.660. The number of ether oxygens (including phenoxy) is 1. The van der Waals surface area contributed by atoms with Gasteiger partial charge in [-0.05, 0) is 51.1 Å². The van der Waals surface area contributed by atoms with E-state index in [0.29, 0.717) is 17.1 Å². The van der Waals surface area contributed by atoms with Gasteiger partial charge in [-0.25, -0.2) is 13.1 Å². The lowest BCUT2D eigenvalue weighted by atomic mass is 10.1. The van der Waals surface area contributed by atoms with Crippen LogP contribution in [0, 0.1) is 6.92 Å². The van der Waals surface area contributed by atoms with Crippen molar-refractivity contribution in [2.75, 3.05) is 20.8 Å². The van der Waals surface area contributed by atoms with Crippen molar-refractivity contribution in [3.05, 3.63) is 28.3 Å². The normalized spacial score (nSPS) is 12.7. The van der Waals surface area contributed by atoms with Gasteiger partial charge in [-0.15, -0.1) is 0 Å². The molecule has 0 saturated heterocycles. The number of nitrogens with one attached hydrogen (secondary N) is 2. The minimum Gasteiger partial charge on any atom is -0.383 e. The molecule has 1 rings (SSSR count). The molecule has 0 bridgehead atoms. The van der Waals surface area contributed by atoms with Crippen molar-refractivity contribution >= 4 is 21.6 Å². The second-order valence-electron chi connectivity index (χ2n) is 5.64. The Morgan fingerprint density at radius 2 is 1.95 bits per heavy atom. The third-order valence-electron chi connectivity index (χ3n) is 3.00. The summed E-state index contributed by atoms with van der Waals surface area (Å²) in [6, 6.07) is 3.24. The first-order valence-corrected chi connectivity index (χ1v) is 8.45. The molecule has 0 radical (unpaired) electrons. The molecule has 0 amide bonds. The maximum atomic E-state index is 12.6. The number of sulfonamides is 1. The first-order valence-electron chi connectivity index (χ1n) is 6.59. The lowest BCUT2D eigenvalue weighted by molar-refractivity contribution is 0.141. The Labute approximate surface area is 132 Å². The highest BCUT2D eigenvalue weighted by Gasteiger charge is 2.28. The molecule has 7 heteroatoms. The number of hydrogen-bond acceptors (Lipinski definition) is 4. The van der Waals surface area contributed by atoms with Crippen molar-refractivity contribution < 1.29 is 13.2 Å². The van der Waals surface area contributed by atoms with Crippen LogP contribution in [0.3, 0.4) is 0 Å². The molecule has 21 heavy (non-hydrogen) atoms. The summed E-state index contributed by atoms with van der Waals surface area (Å²) in [5.74, 6) is 0. The standard InChI is InChI=1S/C14H23ClN2O3S/c1-10-11(8-16-4)6-12(15)7-13(10)21(18,19)17-14(2,3)9-20-5/h6-7,16-17H,8-9H2,1-5H3. The van der Waals surface area contributed by atoms with Crippen molar-refractivity contribution in [2.24, 2.45) is 0 Å². The molecule has 120 valence electrons. The largest absolute Gasteiger partial charge is 0.383 e. The molecule has 0 atom stereocenters. The van der Waals surface area contributed by atoms with E-state index in [1.54, 1.807) is 33.9 Å². The van der Waals surface area contributed by atoms with Gasteiger partial charge in [0, 0.05) is 18.7 Å². The topological polar surface area (TPSA) is 67.4 Å². The van der Waals surface area contributed by atoms with E-state index in [1.165, 1.54) is 13.2 Å². The zero-order chi connectivity index (χ0) is 16.3. The van der Waals surface area contributed by atoms with Crippen molar-refractivity contribution in [2.45, 2.75) is 37.8 Å². The Kier molecular flexibility index (Phi) is 6.19. The van der Waals surface area contributed by atoms with E-state index in [2.05, 4.69) is 10.0 Å². The van der Waals surface area contributed by atoms with Crippen LogP contribution < -0.4 is 10.0 Å². The van der Waals surface area contributed by atoms with E-state index in [9.17, 15) is 8.42 Å². The Bertz CT molecular complexity index is 600. The molecule has 2 N–H and O–H groups in total. The molecule has 0 aliphatic rings. The molecule has 0 aromatic heterocycles. The van der Waals surface area contributed by atoms with Crippen LogP contribution in [0.4, 0.5) is 0 Å². The summed E-state index contributed by atoms with van der Waals surface area (Å²) in [6.45, 7) is 6.14. The first kappa shape index (κ1) is 18.4. The summed E-state index contributed by atoms with van der Waals surface area (Å²) in [6.07, 6.45) is 0. The molecule has 0 saturated carbocycles. The molecule has 0 fully saturated rings. The number of halogens is 1. The lowest BCUT2D eigenvalue weighted by Crippen LogP contribution is -2.46. The van der Waals surface area contributed by atoms with Crippen LogP contribution in [0.5, 0.6) is 0 Å². The Balaban J connectivity index is 3.25. The van der Waals surface area contributed by atoms with Crippen LogP contribution in [0.15, 0.2) is 17.0 Å². The summed E-state index contributed by atoms with van der Waals surface area (Å²) in [7, 11) is -0.343. The summed E-state index contributed by atoms with van der Waals surface area (Å²) < 4.78 is 32.9. The smallest absolute Gasteiger partial charge is 0.241 e. The van der Waals surface area contributed by atoms with Crippen LogP contribution in [-0.4, -0.2) is 34.7 Å². The van der Waals surface area contributed by atoms with E-state index in [4.69, 9.17) is 16.3 Å². The van der Waals surface area contributed by atoms with Gasteiger partial charge in [0.25, 0.3) is 0 Å². The third kappa shape index (κ3) is 4.93. The van der Waals surface area contributed by atoms with Gasteiger partial charge >= 0.3 is 0 Å². The number of rotatable bonds is 7. The second kappa shape index (κ2) is 7.07. The van der Waals surface area contributed by atoms with Gasteiger partial charge in [0.15, 0.2) is 0 Å². The number of benzene rings is 1. The highest BCUT2D eigenvalue weighted by Crippen LogP contribution is 2.25. The molecular formula is C14H23ClN2O3S. The zero-order valence-electron chi connectivity index (χ0n) is 13.1. The van der Waals surface area contributed by atoms with Gasteiger partial charge in [0.1, 0.15) is 0 Å². The first-order chi connectivity index (χ1) is 9.63. The molecule has 1 aromatic carbocycles. The molecule has 0 spiro atoms. The average Bonchev–Trinajstić information content (AvgIpc) is 2.31. The molecule has 0 heterocycles. The fourth-order valence-electron chi connectivity index (χ4n) is 2.17. The Morgan fingerprint density at radius 3 is 2.48 bits per heavy atom. The van der Waals surface area contributed by atoms with Crippen LogP contribution in [0.1, 0.15) is 25.0 Å². The van der Waals surface area contributed by atoms with Crippen molar-refractivity contribution in [3.63, 3.8) is 0 Å². The van der Waals surface area contributed by atoms with Gasteiger partial charge in [-0.2, -0.15) is 0 Å². The minimum absolute atomic E-state index is 0.199. The summed E-state index contributed by atoms with van der Waals surface area (Å²) >= 11 is 6.05. The second-order valence-corrected chi connectivity index (χ2v) is 7.73. The van der Waals surface area contributed by atoms with Crippen LogP contribution in [-0.2, 0) is 21.3 Å².